The number of hydrogen-bond donors (Lipinski definition) is 3. The molecule has 1 aliphatic rings. The van der Waals surface area contributed by atoms with E-state index in [0.29, 0.717) is 6.42 Å². The smallest absolute Gasteiger partial charge is 0.291 e. The first-order valence-electron chi connectivity index (χ1n) is 4.37. The second-order valence-electron chi connectivity index (χ2n) is 3.23. The van der Waals surface area contributed by atoms with Gasteiger partial charge in [0.2, 0.25) is 0 Å². The summed E-state index contributed by atoms with van der Waals surface area (Å²) in [5.74, 6) is 0. The van der Waals surface area contributed by atoms with Gasteiger partial charge in [-0.15, -0.1) is 10.1 Å². The van der Waals surface area contributed by atoms with Crippen LogP contribution in [0.1, 0.15) is 17.2 Å². The molecule has 6 nitrogen and oxygen atoms in total. The fourth-order valence-corrected chi connectivity index (χ4v) is 1.60. The predicted octanol–water partition coefficient (Wildman–Crippen LogP) is 0.256. The molecule has 82 valence electrons. The lowest BCUT2D eigenvalue weighted by molar-refractivity contribution is -0.742. The van der Waals surface area contributed by atoms with E-state index in [1.807, 2.05) is 24.3 Å². The molecule has 15 heavy (non-hydrogen) atoms. The summed E-state index contributed by atoms with van der Waals surface area (Å²) in [6, 6.07) is 7.76. The summed E-state index contributed by atoms with van der Waals surface area (Å²) >= 11 is 0. The Labute approximate surface area is 86.1 Å². The van der Waals surface area contributed by atoms with E-state index >= 15 is 0 Å². The van der Waals surface area contributed by atoms with Crippen molar-refractivity contribution in [2.24, 2.45) is 5.73 Å². The van der Waals surface area contributed by atoms with E-state index in [4.69, 9.17) is 21.1 Å². The van der Waals surface area contributed by atoms with Crippen LogP contribution < -0.4 is 5.73 Å². The molecule has 2 rings (SSSR count). The molecule has 0 spiro atoms. The molecule has 0 unspecified atom stereocenters. The van der Waals surface area contributed by atoms with Gasteiger partial charge in [0.1, 0.15) is 0 Å². The van der Waals surface area contributed by atoms with E-state index in [1.165, 1.54) is 5.56 Å². The molecule has 0 aromatic heterocycles. The van der Waals surface area contributed by atoms with E-state index in [-0.39, 0.29) is 12.1 Å². The Kier molecular flexibility index (Phi) is 3.59. The molecule has 1 aromatic rings. The lowest BCUT2D eigenvalue weighted by Gasteiger charge is -2.07. The van der Waals surface area contributed by atoms with Crippen molar-refractivity contribution in [3.63, 3.8) is 0 Å². The second kappa shape index (κ2) is 4.72. The van der Waals surface area contributed by atoms with Gasteiger partial charge in [-0.2, -0.15) is 0 Å². The number of aliphatic hydroxyl groups is 1. The largest absolute Gasteiger partial charge is 0.391 e. The van der Waals surface area contributed by atoms with Crippen LogP contribution in [-0.4, -0.2) is 21.5 Å². The Bertz CT molecular complexity index is 352. The predicted molar refractivity (Wildman–Crippen MR) is 51.9 cm³/mol. The van der Waals surface area contributed by atoms with E-state index < -0.39 is 5.09 Å². The quantitative estimate of drug-likeness (QED) is 0.422. The zero-order valence-electron chi connectivity index (χ0n) is 7.91. The average molecular weight is 212 g/mol. The lowest BCUT2D eigenvalue weighted by Crippen LogP contribution is -2.21. The third-order valence-corrected chi connectivity index (χ3v) is 2.26. The Morgan fingerprint density at radius 2 is 2.00 bits per heavy atom. The fraction of sp³-hybridized carbons (Fsp3) is 0.333. The summed E-state index contributed by atoms with van der Waals surface area (Å²) in [6.45, 7) is 0. The monoisotopic (exact) mass is 212 g/mol. The molecule has 0 saturated carbocycles. The van der Waals surface area contributed by atoms with Gasteiger partial charge >= 0.3 is 0 Å². The zero-order valence-corrected chi connectivity index (χ0v) is 7.91. The van der Waals surface area contributed by atoms with E-state index in [9.17, 15) is 5.11 Å². The van der Waals surface area contributed by atoms with Gasteiger partial charge in [0.15, 0.2) is 0 Å². The molecule has 0 saturated heterocycles. The molecule has 0 heterocycles. The van der Waals surface area contributed by atoms with Crippen molar-refractivity contribution >= 4 is 0 Å². The summed E-state index contributed by atoms with van der Waals surface area (Å²) in [4.78, 5) is 8.36. The van der Waals surface area contributed by atoms with Crippen LogP contribution in [0.3, 0.4) is 0 Å². The standard InChI is InChI=1S/C9H11NO.HNO3/c10-9-7-4-2-1-3-6(7)5-8(9)11;2-1(3)4/h1-4,8-9,11H,5,10H2;(H,2,3,4)/t8-,9+;/m0./s1. The van der Waals surface area contributed by atoms with Crippen LogP contribution in [-0.2, 0) is 6.42 Å². The Balaban J connectivity index is 0.000000245. The maximum absolute atomic E-state index is 9.39. The van der Waals surface area contributed by atoms with Crippen molar-refractivity contribution in [1.29, 1.82) is 0 Å². The number of nitrogens with two attached hydrogens (primary N) is 1. The summed E-state index contributed by atoms with van der Waals surface area (Å²) in [5.41, 5.74) is 8.02. The number of fused-ring (bicyclic) bond motifs is 1. The topological polar surface area (TPSA) is 110 Å². The van der Waals surface area contributed by atoms with Crippen LogP contribution >= 0.6 is 0 Å². The molecule has 6 heteroatoms. The van der Waals surface area contributed by atoms with Gasteiger partial charge in [0, 0.05) is 6.42 Å². The zero-order chi connectivity index (χ0) is 11.4. The molecule has 1 aliphatic carbocycles. The minimum atomic E-state index is -1.50. The SMILES string of the molecule is N[C@@H]1c2ccccc2C[C@@H]1O.O=[N+]([O-])O. The summed E-state index contributed by atoms with van der Waals surface area (Å²) in [6.07, 6.45) is 0.324. The lowest BCUT2D eigenvalue weighted by atomic mass is 10.1. The van der Waals surface area contributed by atoms with Gasteiger partial charge < -0.3 is 16.0 Å². The normalized spacial score (nSPS) is 22.5. The number of nitrogens with zero attached hydrogens (tertiary/aromatic N) is 1. The van der Waals surface area contributed by atoms with Crippen LogP contribution in [0.15, 0.2) is 24.3 Å². The van der Waals surface area contributed by atoms with Gasteiger partial charge in [-0.05, 0) is 11.1 Å². The third-order valence-electron chi connectivity index (χ3n) is 2.26. The number of benzene rings is 1. The summed E-state index contributed by atoms with van der Waals surface area (Å²) in [5, 5.41) is 23.0. The first-order chi connectivity index (χ1) is 7.02. The summed E-state index contributed by atoms with van der Waals surface area (Å²) < 4.78 is 0. The molecule has 0 bridgehead atoms. The van der Waals surface area contributed by atoms with Gasteiger partial charge in [0.05, 0.1) is 12.1 Å². The average Bonchev–Trinajstić information content (AvgIpc) is 2.43. The highest BCUT2D eigenvalue weighted by Crippen LogP contribution is 2.28. The summed E-state index contributed by atoms with van der Waals surface area (Å²) in [7, 11) is 0. The molecular formula is C9H12N2O4. The minimum absolute atomic E-state index is 0.175. The molecule has 1 aromatic carbocycles. The van der Waals surface area contributed by atoms with Crippen molar-refractivity contribution in [2.45, 2.75) is 18.6 Å². The van der Waals surface area contributed by atoms with Crippen molar-refractivity contribution in [3.8, 4) is 0 Å². The Morgan fingerprint density at radius 3 is 2.53 bits per heavy atom. The van der Waals surface area contributed by atoms with Crippen molar-refractivity contribution in [1.82, 2.24) is 0 Å². The third kappa shape index (κ3) is 2.90. The van der Waals surface area contributed by atoms with Crippen LogP contribution in [0, 0.1) is 10.1 Å². The van der Waals surface area contributed by atoms with E-state index in [2.05, 4.69) is 0 Å². The molecule has 0 aliphatic heterocycles. The highest BCUT2D eigenvalue weighted by Gasteiger charge is 2.26. The molecule has 0 amide bonds. The molecule has 2 atom stereocenters. The number of rotatable bonds is 0. The minimum Gasteiger partial charge on any atom is -0.391 e. The molecule has 0 fully saturated rings. The molecule has 0 radical (unpaired) electrons. The molecular weight excluding hydrogens is 200 g/mol. The second-order valence-corrected chi connectivity index (χ2v) is 3.23. The Morgan fingerprint density at radius 1 is 1.47 bits per heavy atom. The van der Waals surface area contributed by atoms with Gasteiger partial charge in [-0.1, -0.05) is 24.3 Å². The van der Waals surface area contributed by atoms with E-state index in [0.717, 1.165) is 5.56 Å². The van der Waals surface area contributed by atoms with Gasteiger partial charge in [-0.25, -0.2) is 0 Å². The van der Waals surface area contributed by atoms with Crippen LogP contribution in [0.2, 0.25) is 0 Å². The first kappa shape index (κ1) is 11.4. The van der Waals surface area contributed by atoms with Crippen LogP contribution in [0.4, 0.5) is 0 Å². The van der Waals surface area contributed by atoms with Gasteiger partial charge in [-0.3, -0.25) is 0 Å². The van der Waals surface area contributed by atoms with E-state index in [1.54, 1.807) is 0 Å². The fourth-order valence-electron chi connectivity index (χ4n) is 1.60. The maximum Gasteiger partial charge on any atom is 0.291 e. The van der Waals surface area contributed by atoms with Crippen molar-refractivity contribution < 1.29 is 15.4 Å². The van der Waals surface area contributed by atoms with Gasteiger partial charge in [0.25, 0.3) is 5.09 Å². The maximum atomic E-state index is 9.39. The van der Waals surface area contributed by atoms with Crippen LogP contribution in [0.5, 0.6) is 0 Å². The Hall–Kier alpha value is -1.66. The number of hydrogen-bond acceptors (Lipinski definition) is 4. The molecule has 4 N–H and O–H groups in total. The number of aliphatic hydroxyl groups excluding tert-OH is 1. The van der Waals surface area contributed by atoms with Crippen molar-refractivity contribution in [3.05, 3.63) is 45.5 Å². The first-order valence-corrected chi connectivity index (χ1v) is 4.37. The highest BCUT2D eigenvalue weighted by molar-refractivity contribution is 5.35. The highest BCUT2D eigenvalue weighted by atomic mass is 16.9. The van der Waals surface area contributed by atoms with Crippen molar-refractivity contribution in [2.75, 3.05) is 0 Å². The van der Waals surface area contributed by atoms with Crippen LogP contribution in [0.25, 0.3) is 0 Å².